The van der Waals surface area contributed by atoms with Crippen LogP contribution in [0, 0.1) is 17.5 Å². The van der Waals surface area contributed by atoms with Crippen LogP contribution < -0.4 is 15.3 Å². The first-order valence-corrected chi connectivity index (χ1v) is 7.31. The molecule has 0 amide bonds. The van der Waals surface area contributed by atoms with Crippen LogP contribution in [0.2, 0.25) is 0 Å². The summed E-state index contributed by atoms with van der Waals surface area (Å²) >= 11 is 0. The highest BCUT2D eigenvalue weighted by atomic mass is 19.2. The monoisotopic (exact) mass is 339 g/mol. The Morgan fingerprint density at radius 2 is 1.83 bits per heavy atom. The number of anilines is 1. The van der Waals surface area contributed by atoms with Crippen LogP contribution in [0.4, 0.5) is 19.0 Å². The van der Waals surface area contributed by atoms with Crippen molar-refractivity contribution < 1.29 is 17.9 Å². The summed E-state index contributed by atoms with van der Waals surface area (Å²) < 4.78 is 46.2. The Bertz CT molecular complexity index is 841. The minimum atomic E-state index is -1.53. The molecule has 1 aromatic carbocycles. The third-order valence-corrected chi connectivity index (χ3v) is 4.19. The van der Waals surface area contributed by atoms with Crippen molar-refractivity contribution in [3.05, 3.63) is 51.7 Å². The number of rotatable bonds is 3. The van der Waals surface area contributed by atoms with Gasteiger partial charge in [0.15, 0.2) is 17.5 Å². The van der Waals surface area contributed by atoms with Crippen molar-refractivity contribution in [2.75, 3.05) is 11.9 Å². The molecule has 5 nitrogen and oxygen atoms in total. The fourth-order valence-electron chi connectivity index (χ4n) is 2.63. The van der Waals surface area contributed by atoms with Crippen molar-refractivity contribution >= 4 is 5.82 Å². The Kier molecular flexibility index (Phi) is 3.77. The molecule has 1 aliphatic rings. The van der Waals surface area contributed by atoms with E-state index in [1.807, 2.05) is 25.8 Å². The van der Waals surface area contributed by atoms with Gasteiger partial charge in [-0.25, -0.2) is 18.0 Å². The van der Waals surface area contributed by atoms with Crippen LogP contribution in [0.3, 0.4) is 0 Å². The highest BCUT2D eigenvalue weighted by Crippen LogP contribution is 2.31. The number of likely N-dealkylation sites (N-methyl/N-ethyl adjacent to an activating group) is 1. The lowest BCUT2D eigenvalue weighted by Gasteiger charge is -2.28. The molecule has 0 saturated heterocycles. The van der Waals surface area contributed by atoms with Crippen molar-refractivity contribution in [1.29, 1.82) is 0 Å². The summed E-state index contributed by atoms with van der Waals surface area (Å²) in [5.41, 5.74) is -0.603. The number of ether oxygens (including phenoxy) is 1. The lowest BCUT2D eigenvalue weighted by atomic mass is 10.1. The van der Waals surface area contributed by atoms with Gasteiger partial charge in [-0.2, -0.15) is 4.98 Å². The van der Waals surface area contributed by atoms with Gasteiger partial charge in [0, 0.05) is 13.1 Å². The molecule has 8 heteroatoms. The van der Waals surface area contributed by atoms with Crippen LogP contribution in [0.5, 0.6) is 5.88 Å². The maximum absolute atomic E-state index is 13.2. The Labute approximate surface area is 136 Å². The van der Waals surface area contributed by atoms with Crippen molar-refractivity contribution in [3.8, 4) is 5.88 Å². The zero-order valence-corrected chi connectivity index (χ0v) is 13.4. The second-order valence-corrected chi connectivity index (χ2v) is 6.35. The SMILES string of the molecule is CN1c2cc(OCc3cc(F)c(F)c(F)c3)nc(=O)n2CC1(C)C. The minimum Gasteiger partial charge on any atom is -0.473 e. The molecule has 0 aliphatic carbocycles. The van der Waals surface area contributed by atoms with Crippen LogP contribution in [-0.4, -0.2) is 22.1 Å². The van der Waals surface area contributed by atoms with E-state index in [1.165, 1.54) is 4.57 Å². The van der Waals surface area contributed by atoms with E-state index in [2.05, 4.69) is 4.98 Å². The normalized spacial score (nSPS) is 15.5. The van der Waals surface area contributed by atoms with E-state index in [4.69, 9.17) is 4.74 Å². The van der Waals surface area contributed by atoms with Crippen LogP contribution in [0.15, 0.2) is 23.0 Å². The highest BCUT2D eigenvalue weighted by Gasteiger charge is 2.34. The summed E-state index contributed by atoms with van der Waals surface area (Å²) in [5.74, 6) is -3.43. The van der Waals surface area contributed by atoms with Crippen LogP contribution >= 0.6 is 0 Å². The molecule has 2 aromatic rings. The molecule has 0 fully saturated rings. The van der Waals surface area contributed by atoms with Crippen LogP contribution in [0.25, 0.3) is 0 Å². The number of halogens is 3. The molecule has 0 spiro atoms. The Hall–Kier alpha value is -2.51. The fourth-order valence-corrected chi connectivity index (χ4v) is 2.63. The maximum Gasteiger partial charge on any atom is 0.352 e. The second kappa shape index (κ2) is 5.54. The first-order valence-electron chi connectivity index (χ1n) is 7.31. The first-order chi connectivity index (χ1) is 11.2. The number of aromatic nitrogens is 2. The standard InChI is InChI=1S/C16H16F3N3O2/c1-16(2)8-22-13(21(16)3)6-12(20-15(22)23)24-7-9-4-10(17)14(19)11(18)5-9/h4-6H,7-8H2,1-3H3. The van der Waals surface area contributed by atoms with Gasteiger partial charge in [-0.3, -0.25) is 4.57 Å². The van der Waals surface area contributed by atoms with Crippen LogP contribution in [0.1, 0.15) is 19.4 Å². The molecule has 3 rings (SSSR count). The van der Waals surface area contributed by atoms with Crippen molar-refractivity contribution in [2.45, 2.75) is 32.5 Å². The van der Waals surface area contributed by atoms with E-state index in [1.54, 1.807) is 6.07 Å². The lowest BCUT2D eigenvalue weighted by molar-refractivity contribution is 0.289. The summed E-state index contributed by atoms with van der Waals surface area (Å²) in [5, 5.41) is 0. The number of nitrogens with zero attached hydrogens (tertiary/aromatic N) is 3. The van der Waals surface area contributed by atoms with E-state index in [9.17, 15) is 18.0 Å². The zero-order valence-electron chi connectivity index (χ0n) is 13.4. The van der Waals surface area contributed by atoms with Gasteiger partial charge in [0.2, 0.25) is 5.88 Å². The molecule has 0 radical (unpaired) electrons. The molecular formula is C16H16F3N3O2. The Morgan fingerprint density at radius 3 is 2.46 bits per heavy atom. The van der Waals surface area contributed by atoms with Gasteiger partial charge < -0.3 is 9.64 Å². The van der Waals surface area contributed by atoms with Crippen molar-refractivity contribution in [2.24, 2.45) is 0 Å². The van der Waals surface area contributed by atoms with Crippen molar-refractivity contribution in [1.82, 2.24) is 9.55 Å². The average Bonchev–Trinajstić information content (AvgIpc) is 2.74. The Morgan fingerprint density at radius 1 is 1.21 bits per heavy atom. The van der Waals surface area contributed by atoms with Gasteiger partial charge in [0.1, 0.15) is 12.4 Å². The predicted octanol–water partition coefficient (Wildman–Crippen LogP) is 2.47. The molecule has 0 bridgehead atoms. The molecule has 0 atom stereocenters. The average molecular weight is 339 g/mol. The number of fused-ring (bicyclic) bond motifs is 1. The molecule has 0 saturated carbocycles. The smallest absolute Gasteiger partial charge is 0.352 e. The molecular weight excluding hydrogens is 323 g/mol. The third-order valence-electron chi connectivity index (χ3n) is 4.19. The van der Waals surface area contributed by atoms with E-state index < -0.39 is 23.1 Å². The topological polar surface area (TPSA) is 47.4 Å². The summed E-state index contributed by atoms with van der Waals surface area (Å²) in [6, 6.07) is 3.27. The quantitative estimate of drug-likeness (QED) is 0.806. The summed E-state index contributed by atoms with van der Waals surface area (Å²) in [7, 11) is 1.85. The van der Waals surface area contributed by atoms with E-state index >= 15 is 0 Å². The summed E-state index contributed by atoms with van der Waals surface area (Å²) in [6.45, 7) is 4.24. The van der Waals surface area contributed by atoms with Gasteiger partial charge in [-0.05, 0) is 31.5 Å². The van der Waals surface area contributed by atoms with Gasteiger partial charge >= 0.3 is 5.69 Å². The van der Waals surface area contributed by atoms with E-state index in [0.29, 0.717) is 12.4 Å². The van der Waals surface area contributed by atoms with Gasteiger partial charge in [-0.1, -0.05) is 0 Å². The Balaban J connectivity index is 1.85. The van der Waals surface area contributed by atoms with Gasteiger partial charge in [-0.15, -0.1) is 0 Å². The molecule has 0 unspecified atom stereocenters. The molecule has 0 N–H and O–H groups in total. The second-order valence-electron chi connectivity index (χ2n) is 6.35. The fraction of sp³-hybridized carbons (Fsp3) is 0.375. The zero-order chi connectivity index (χ0) is 17.6. The summed E-state index contributed by atoms with van der Waals surface area (Å²) in [6.07, 6.45) is 0. The number of benzene rings is 1. The van der Waals surface area contributed by atoms with Crippen LogP contribution in [-0.2, 0) is 13.2 Å². The van der Waals surface area contributed by atoms with E-state index in [-0.39, 0.29) is 23.6 Å². The van der Waals surface area contributed by atoms with Gasteiger partial charge in [0.05, 0.1) is 12.1 Å². The molecule has 128 valence electrons. The largest absolute Gasteiger partial charge is 0.473 e. The van der Waals surface area contributed by atoms with Crippen molar-refractivity contribution in [3.63, 3.8) is 0 Å². The lowest BCUT2D eigenvalue weighted by Crippen LogP contribution is -2.38. The molecule has 1 aliphatic heterocycles. The first kappa shape index (κ1) is 16.4. The molecule has 2 heterocycles. The number of hydrogen-bond acceptors (Lipinski definition) is 4. The molecule has 1 aromatic heterocycles. The molecule has 24 heavy (non-hydrogen) atoms. The maximum atomic E-state index is 13.2. The minimum absolute atomic E-state index is 0.0425. The number of hydrogen-bond donors (Lipinski definition) is 0. The summed E-state index contributed by atoms with van der Waals surface area (Å²) in [4.78, 5) is 17.9. The third kappa shape index (κ3) is 2.72. The predicted molar refractivity (Wildman–Crippen MR) is 81.6 cm³/mol. The van der Waals surface area contributed by atoms with E-state index in [0.717, 1.165) is 12.1 Å². The highest BCUT2D eigenvalue weighted by molar-refractivity contribution is 5.47. The van der Waals surface area contributed by atoms with Gasteiger partial charge in [0.25, 0.3) is 0 Å².